The van der Waals surface area contributed by atoms with Crippen molar-refractivity contribution < 1.29 is 0 Å². The fraction of sp³-hybridized carbons (Fsp3) is 0.0189. The molecule has 0 saturated heterocycles. The van der Waals surface area contributed by atoms with Crippen molar-refractivity contribution in [3.63, 3.8) is 0 Å². The van der Waals surface area contributed by atoms with Gasteiger partial charge in [-0.05, 0) is 80.2 Å². The molecule has 0 radical (unpaired) electrons. The predicted octanol–water partition coefficient (Wildman–Crippen LogP) is 14.7. The molecule has 0 amide bonds. The van der Waals surface area contributed by atoms with Gasteiger partial charge in [-0.15, -0.1) is 11.3 Å². The number of anilines is 3. The molecule has 0 fully saturated rings. The maximum atomic E-state index is 2.55. The van der Waals surface area contributed by atoms with Crippen molar-refractivity contribution in [2.45, 2.75) is 5.41 Å². The second-order valence-electron chi connectivity index (χ2n) is 14.7. The van der Waals surface area contributed by atoms with Crippen LogP contribution in [0, 0.1) is 0 Å². The third-order valence-electron chi connectivity index (χ3n) is 12.1. The highest BCUT2D eigenvalue weighted by atomic mass is 32.1. The molecule has 2 aliphatic carbocycles. The fourth-order valence-electron chi connectivity index (χ4n) is 9.91. The van der Waals surface area contributed by atoms with E-state index >= 15 is 0 Å². The zero-order valence-electron chi connectivity index (χ0n) is 29.9. The number of rotatable bonds is 4. The molecule has 0 saturated carbocycles. The van der Waals surface area contributed by atoms with Gasteiger partial charge in [-0.1, -0.05) is 170 Å². The molecular weight excluding hydrogens is 683 g/mol. The highest BCUT2D eigenvalue weighted by molar-refractivity contribution is 7.25. The summed E-state index contributed by atoms with van der Waals surface area (Å²) in [4.78, 5) is 2.55. The van der Waals surface area contributed by atoms with Crippen molar-refractivity contribution >= 4 is 59.3 Å². The Morgan fingerprint density at radius 1 is 0.345 bits per heavy atom. The van der Waals surface area contributed by atoms with E-state index in [-0.39, 0.29) is 0 Å². The van der Waals surface area contributed by atoms with Gasteiger partial charge in [0.15, 0.2) is 0 Å². The van der Waals surface area contributed by atoms with Crippen molar-refractivity contribution in [2.24, 2.45) is 0 Å². The van der Waals surface area contributed by atoms with Crippen LogP contribution in [0.25, 0.3) is 64.3 Å². The van der Waals surface area contributed by atoms with Gasteiger partial charge in [0.05, 0.1) is 22.5 Å². The lowest BCUT2D eigenvalue weighted by Crippen LogP contribution is -2.26. The minimum absolute atomic E-state index is 0.425. The first-order valence-corrected chi connectivity index (χ1v) is 19.8. The molecule has 10 aromatic rings. The minimum atomic E-state index is -0.425. The molecule has 2 aliphatic rings. The molecule has 0 atom stereocenters. The molecule has 2 heteroatoms. The van der Waals surface area contributed by atoms with Crippen LogP contribution in [0.4, 0.5) is 17.1 Å². The molecule has 256 valence electrons. The summed E-state index contributed by atoms with van der Waals surface area (Å²) in [6.07, 6.45) is 0. The third kappa shape index (κ3) is 4.18. The van der Waals surface area contributed by atoms with Crippen molar-refractivity contribution in [3.05, 3.63) is 222 Å². The summed E-state index contributed by atoms with van der Waals surface area (Å²) >= 11 is 1.87. The van der Waals surface area contributed by atoms with Crippen LogP contribution >= 0.6 is 11.3 Å². The maximum Gasteiger partial charge on any atom is 0.0726 e. The van der Waals surface area contributed by atoms with E-state index in [9.17, 15) is 0 Å². The first-order chi connectivity index (χ1) is 27.3. The Bertz CT molecular complexity index is 3130. The molecule has 0 N–H and O–H groups in total. The summed E-state index contributed by atoms with van der Waals surface area (Å²) in [5.74, 6) is 0. The first-order valence-electron chi connectivity index (χ1n) is 19.0. The average Bonchev–Trinajstić information content (AvgIpc) is 3.88. The Hall–Kier alpha value is -6.74. The Morgan fingerprint density at radius 2 is 0.873 bits per heavy atom. The smallest absolute Gasteiger partial charge is 0.0726 e. The van der Waals surface area contributed by atoms with Crippen LogP contribution in [0.2, 0.25) is 0 Å². The van der Waals surface area contributed by atoms with E-state index in [1.807, 2.05) is 11.3 Å². The monoisotopic (exact) mass is 715 g/mol. The van der Waals surface area contributed by atoms with E-state index < -0.39 is 5.41 Å². The molecule has 1 heterocycles. The van der Waals surface area contributed by atoms with Crippen molar-refractivity contribution in [1.82, 2.24) is 0 Å². The number of thiophene rings is 1. The number of para-hydroxylation sites is 1. The summed E-state index contributed by atoms with van der Waals surface area (Å²) in [6.45, 7) is 0. The Labute approximate surface area is 324 Å². The first kappa shape index (κ1) is 30.7. The molecule has 0 aliphatic heterocycles. The quantitative estimate of drug-likeness (QED) is 0.175. The summed E-state index contributed by atoms with van der Waals surface area (Å²) in [5.41, 5.74) is 16.1. The van der Waals surface area contributed by atoms with E-state index in [0.29, 0.717) is 0 Å². The zero-order valence-corrected chi connectivity index (χ0v) is 30.7. The normalized spacial score (nSPS) is 13.2. The lowest BCUT2D eigenvalue weighted by Gasteiger charge is -2.33. The van der Waals surface area contributed by atoms with Crippen LogP contribution in [0.15, 0.2) is 200 Å². The Balaban J connectivity index is 1.17. The van der Waals surface area contributed by atoms with Crippen LogP contribution < -0.4 is 4.90 Å². The Kier molecular flexibility index (Phi) is 6.49. The Morgan fingerprint density at radius 3 is 1.67 bits per heavy atom. The lowest BCUT2D eigenvalue weighted by atomic mass is 9.70. The average molecular weight is 716 g/mol. The number of hydrogen-bond acceptors (Lipinski definition) is 2. The topological polar surface area (TPSA) is 3.24 Å². The third-order valence-corrected chi connectivity index (χ3v) is 13.2. The summed E-state index contributed by atoms with van der Waals surface area (Å²) in [5, 5.41) is 5.07. The molecule has 0 bridgehead atoms. The van der Waals surface area contributed by atoms with Crippen LogP contribution in [0.1, 0.15) is 22.3 Å². The van der Waals surface area contributed by atoms with Gasteiger partial charge in [0.25, 0.3) is 0 Å². The van der Waals surface area contributed by atoms with Gasteiger partial charge in [-0.3, -0.25) is 0 Å². The van der Waals surface area contributed by atoms with E-state index in [4.69, 9.17) is 0 Å². The molecular formula is C53H33NS. The second-order valence-corrected chi connectivity index (χ2v) is 15.8. The number of fused-ring (bicyclic) bond motifs is 14. The molecule has 9 aromatic carbocycles. The standard InChI is InChI=1S/C53H33NS/c1-2-17-36-34(15-1)16-13-28-48(36)54(47-27-11-6-18-37(47)35-31-32-41-40-21-7-12-30-50(40)55-51(41)33-35)49-29-14-26-46-52(49)42-22-5-10-25-45(42)53(46)43-23-8-3-19-38(43)39-20-4-9-24-44(39)53/h1-33H. The van der Waals surface area contributed by atoms with Gasteiger partial charge in [0, 0.05) is 36.7 Å². The van der Waals surface area contributed by atoms with Gasteiger partial charge >= 0.3 is 0 Å². The van der Waals surface area contributed by atoms with Crippen molar-refractivity contribution in [2.75, 3.05) is 4.90 Å². The largest absolute Gasteiger partial charge is 0.309 e. The van der Waals surface area contributed by atoms with Crippen LogP contribution in [-0.2, 0) is 5.41 Å². The molecule has 55 heavy (non-hydrogen) atoms. The molecule has 1 aromatic heterocycles. The number of nitrogens with zero attached hydrogens (tertiary/aromatic N) is 1. The van der Waals surface area contributed by atoms with Crippen LogP contribution in [0.5, 0.6) is 0 Å². The molecule has 1 nitrogen and oxygen atoms in total. The minimum Gasteiger partial charge on any atom is -0.309 e. The fourth-order valence-corrected chi connectivity index (χ4v) is 11.1. The van der Waals surface area contributed by atoms with E-state index in [0.717, 1.165) is 11.4 Å². The highest BCUT2D eigenvalue weighted by Crippen LogP contribution is 2.65. The van der Waals surface area contributed by atoms with Gasteiger partial charge < -0.3 is 4.90 Å². The van der Waals surface area contributed by atoms with Gasteiger partial charge in [0.2, 0.25) is 0 Å². The molecule has 12 rings (SSSR count). The zero-order chi connectivity index (χ0) is 36.1. The summed E-state index contributed by atoms with van der Waals surface area (Å²) in [7, 11) is 0. The summed E-state index contributed by atoms with van der Waals surface area (Å²) in [6, 6.07) is 74.6. The van der Waals surface area contributed by atoms with E-state index in [1.54, 1.807) is 0 Å². The molecule has 0 unspecified atom stereocenters. The lowest BCUT2D eigenvalue weighted by molar-refractivity contribution is 0.794. The van der Waals surface area contributed by atoms with Crippen LogP contribution in [-0.4, -0.2) is 0 Å². The predicted molar refractivity (Wildman–Crippen MR) is 233 cm³/mol. The van der Waals surface area contributed by atoms with E-state index in [2.05, 4.69) is 205 Å². The number of hydrogen-bond donors (Lipinski definition) is 0. The molecule has 1 spiro atoms. The highest BCUT2D eigenvalue weighted by Gasteiger charge is 2.52. The van der Waals surface area contributed by atoms with Gasteiger partial charge in [-0.25, -0.2) is 0 Å². The van der Waals surface area contributed by atoms with Crippen molar-refractivity contribution in [1.29, 1.82) is 0 Å². The maximum absolute atomic E-state index is 2.55. The summed E-state index contributed by atoms with van der Waals surface area (Å²) < 4.78 is 2.63. The van der Waals surface area contributed by atoms with Crippen LogP contribution in [0.3, 0.4) is 0 Å². The van der Waals surface area contributed by atoms with Gasteiger partial charge in [0.1, 0.15) is 0 Å². The SMILES string of the molecule is c1ccc(N(c2cccc3c2-c2ccccc2C32c3ccccc3-c3ccccc32)c2cccc3ccccc23)c(-c2ccc3c(c2)sc2ccccc23)c1. The van der Waals surface area contributed by atoms with E-state index in [1.165, 1.54) is 92.3 Å². The number of benzene rings is 9. The second kappa shape index (κ2) is 11.6. The van der Waals surface area contributed by atoms with Crippen molar-refractivity contribution in [3.8, 4) is 33.4 Å². The van der Waals surface area contributed by atoms with Gasteiger partial charge in [-0.2, -0.15) is 0 Å².